The van der Waals surface area contributed by atoms with E-state index in [9.17, 15) is 9.59 Å². The zero-order valence-electron chi connectivity index (χ0n) is 14.2. The van der Waals surface area contributed by atoms with Crippen LogP contribution in [-0.4, -0.2) is 66.6 Å². The van der Waals surface area contributed by atoms with Crippen molar-refractivity contribution >= 4 is 29.3 Å². The fourth-order valence-electron chi connectivity index (χ4n) is 3.25. The molecule has 2 heterocycles. The van der Waals surface area contributed by atoms with E-state index in [0.717, 1.165) is 55.6 Å². The number of thioether (sulfide) groups is 1. The van der Waals surface area contributed by atoms with Gasteiger partial charge in [0.05, 0.1) is 5.69 Å². The van der Waals surface area contributed by atoms with Crippen LogP contribution in [0.15, 0.2) is 29.2 Å². The van der Waals surface area contributed by atoms with Crippen LogP contribution in [0.4, 0.5) is 5.69 Å². The molecule has 0 atom stereocenters. The van der Waals surface area contributed by atoms with Crippen molar-refractivity contribution in [3.8, 4) is 0 Å². The fourth-order valence-corrected chi connectivity index (χ4v) is 4.24. The smallest absolute Gasteiger partial charge is 0.227 e. The van der Waals surface area contributed by atoms with Crippen molar-refractivity contribution in [2.75, 3.05) is 49.9 Å². The molecule has 0 radical (unpaired) electrons. The van der Waals surface area contributed by atoms with Crippen LogP contribution in [0.25, 0.3) is 0 Å². The summed E-state index contributed by atoms with van der Waals surface area (Å²) in [5.41, 5.74) is 0.989. The Labute approximate surface area is 148 Å². The van der Waals surface area contributed by atoms with Crippen LogP contribution < -0.4 is 4.90 Å². The Kier molecular flexibility index (Phi) is 5.79. The number of nitrogens with zero attached hydrogens (tertiary/aromatic N) is 3. The van der Waals surface area contributed by atoms with Crippen LogP contribution in [0.1, 0.15) is 19.8 Å². The molecule has 24 heavy (non-hydrogen) atoms. The number of piperazine rings is 1. The molecular formula is C18H25N3O2S. The van der Waals surface area contributed by atoms with Crippen LogP contribution in [0, 0.1) is 0 Å². The molecule has 2 aliphatic heterocycles. The Bertz CT molecular complexity index is 600. The molecule has 130 valence electrons. The van der Waals surface area contributed by atoms with Gasteiger partial charge in [-0.25, -0.2) is 0 Å². The SMILES string of the molecule is CCN1CCN(C(=O)CCC(=O)N2CCSc3ccccc32)CC1. The van der Waals surface area contributed by atoms with Crippen molar-refractivity contribution in [2.45, 2.75) is 24.7 Å². The average molecular weight is 347 g/mol. The summed E-state index contributed by atoms with van der Waals surface area (Å²) in [6.07, 6.45) is 0.614. The lowest BCUT2D eigenvalue weighted by atomic mass is 10.2. The minimum Gasteiger partial charge on any atom is -0.340 e. The molecule has 0 unspecified atom stereocenters. The number of hydrogen-bond donors (Lipinski definition) is 0. The van der Waals surface area contributed by atoms with Crippen LogP contribution >= 0.6 is 11.8 Å². The highest BCUT2D eigenvalue weighted by Gasteiger charge is 2.25. The van der Waals surface area contributed by atoms with E-state index in [-0.39, 0.29) is 11.8 Å². The lowest BCUT2D eigenvalue weighted by Gasteiger charge is -2.34. The summed E-state index contributed by atoms with van der Waals surface area (Å²) in [4.78, 5) is 32.2. The highest BCUT2D eigenvalue weighted by Crippen LogP contribution is 2.34. The van der Waals surface area contributed by atoms with Gasteiger partial charge in [0.2, 0.25) is 11.8 Å². The van der Waals surface area contributed by atoms with E-state index in [2.05, 4.69) is 17.9 Å². The van der Waals surface area contributed by atoms with Gasteiger partial charge in [-0.15, -0.1) is 11.8 Å². The number of para-hydroxylation sites is 1. The quantitative estimate of drug-likeness (QED) is 0.836. The van der Waals surface area contributed by atoms with Crippen molar-refractivity contribution in [1.29, 1.82) is 0 Å². The van der Waals surface area contributed by atoms with E-state index in [1.165, 1.54) is 0 Å². The van der Waals surface area contributed by atoms with Crippen molar-refractivity contribution in [1.82, 2.24) is 9.80 Å². The first-order valence-corrected chi connectivity index (χ1v) is 9.70. The molecule has 1 aromatic rings. The molecule has 0 aliphatic carbocycles. The number of benzene rings is 1. The zero-order chi connectivity index (χ0) is 16.9. The molecule has 5 nitrogen and oxygen atoms in total. The summed E-state index contributed by atoms with van der Waals surface area (Å²) in [6.45, 7) is 7.34. The maximum Gasteiger partial charge on any atom is 0.227 e. The molecule has 3 rings (SSSR count). The molecule has 0 saturated carbocycles. The number of hydrogen-bond acceptors (Lipinski definition) is 4. The van der Waals surface area contributed by atoms with Gasteiger partial charge in [0.15, 0.2) is 0 Å². The van der Waals surface area contributed by atoms with Crippen molar-refractivity contribution in [3.63, 3.8) is 0 Å². The number of likely N-dealkylation sites (N-methyl/N-ethyl adjacent to an activating group) is 1. The first kappa shape index (κ1) is 17.3. The molecular weight excluding hydrogens is 322 g/mol. The van der Waals surface area contributed by atoms with Crippen LogP contribution in [0.2, 0.25) is 0 Å². The van der Waals surface area contributed by atoms with E-state index in [4.69, 9.17) is 0 Å². The summed E-state index contributed by atoms with van der Waals surface area (Å²) >= 11 is 1.79. The van der Waals surface area contributed by atoms with E-state index >= 15 is 0 Å². The second-order valence-electron chi connectivity index (χ2n) is 6.18. The molecule has 1 saturated heterocycles. The molecule has 2 aliphatic rings. The Morgan fingerprint density at radius 1 is 1.00 bits per heavy atom. The van der Waals surface area contributed by atoms with Gasteiger partial charge in [0, 0.05) is 56.2 Å². The number of anilines is 1. The van der Waals surface area contributed by atoms with Crippen molar-refractivity contribution < 1.29 is 9.59 Å². The van der Waals surface area contributed by atoms with E-state index < -0.39 is 0 Å². The molecule has 0 N–H and O–H groups in total. The fraction of sp³-hybridized carbons (Fsp3) is 0.556. The van der Waals surface area contributed by atoms with Gasteiger partial charge in [0.1, 0.15) is 0 Å². The predicted octanol–water partition coefficient (Wildman–Crippen LogP) is 2.07. The highest BCUT2D eigenvalue weighted by molar-refractivity contribution is 7.99. The number of fused-ring (bicyclic) bond motifs is 1. The van der Waals surface area contributed by atoms with Gasteiger partial charge >= 0.3 is 0 Å². The average Bonchev–Trinajstić information content (AvgIpc) is 2.65. The molecule has 0 bridgehead atoms. The first-order valence-electron chi connectivity index (χ1n) is 8.71. The number of carbonyl (C=O) groups is 2. The highest BCUT2D eigenvalue weighted by atomic mass is 32.2. The van der Waals surface area contributed by atoms with Crippen molar-refractivity contribution in [2.24, 2.45) is 0 Å². The second kappa shape index (κ2) is 8.03. The lowest BCUT2D eigenvalue weighted by molar-refractivity contribution is -0.134. The van der Waals surface area contributed by atoms with Crippen molar-refractivity contribution in [3.05, 3.63) is 24.3 Å². The van der Waals surface area contributed by atoms with Gasteiger partial charge < -0.3 is 14.7 Å². The maximum absolute atomic E-state index is 12.6. The molecule has 6 heteroatoms. The van der Waals surface area contributed by atoms with Gasteiger partial charge in [0.25, 0.3) is 0 Å². The van der Waals surface area contributed by atoms with E-state index in [1.807, 2.05) is 28.0 Å². The Balaban J connectivity index is 1.52. The summed E-state index contributed by atoms with van der Waals surface area (Å²) in [5, 5.41) is 0. The number of amides is 2. The van der Waals surface area contributed by atoms with E-state index in [0.29, 0.717) is 12.8 Å². The maximum atomic E-state index is 12.6. The monoisotopic (exact) mass is 347 g/mol. The molecule has 1 fully saturated rings. The number of carbonyl (C=O) groups excluding carboxylic acids is 2. The summed E-state index contributed by atoms with van der Waals surface area (Å²) in [5.74, 6) is 1.08. The van der Waals surface area contributed by atoms with Crippen LogP contribution in [-0.2, 0) is 9.59 Å². The molecule has 2 amide bonds. The second-order valence-corrected chi connectivity index (χ2v) is 7.31. The third kappa shape index (κ3) is 3.92. The number of rotatable bonds is 4. The Morgan fingerprint density at radius 2 is 1.71 bits per heavy atom. The van der Waals surface area contributed by atoms with E-state index in [1.54, 1.807) is 11.8 Å². The first-order chi connectivity index (χ1) is 11.7. The molecule has 0 spiro atoms. The molecule has 0 aromatic heterocycles. The van der Waals surface area contributed by atoms with Gasteiger partial charge in [-0.3, -0.25) is 9.59 Å². The third-order valence-electron chi connectivity index (χ3n) is 4.75. The third-order valence-corrected chi connectivity index (χ3v) is 5.80. The normalized spacial score (nSPS) is 18.4. The van der Waals surface area contributed by atoms with Crippen LogP contribution in [0.3, 0.4) is 0 Å². The van der Waals surface area contributed by atoms with Gasteiger partial charge in [-0.05, 0) is 18.7 Å². The minimum absolute atomic E-state index is 0.0586. The molecule has 1 aromatic carbocycles. The predicted molar refractivity (Wildman–Crippen MR) is 97.4 cm³/mol. The largest absolute Gasteiger partial charge is 0.340 e. The summed E-state index contributed by atoms with van der Waals surface area (Å²) in [6, 6.07) is 8.01. The minimum atomic E-state index is 0.0586. The topological polar surface area (TPSA) is 43.9 Å². The lowest BCUT2D eigenvalue weighted by Crippen LogP contribution is -2.48. The Morgan fingerprint density at radius 3 is 2.46 bits per heavy atom. The summed E-state index contributed by atoms with van der Waals surface area (Å²) in [7, 11) is 0. The zero-order valence-corrected chi connectivity index (χ0v) is 15.1. The standard InChI is InChI=1S/C18H25N3O2S/c1-2-19-9-11-20(12-10-19)17(22)7-8-18(23)21-13-14-24-16-6-4-3-5-15(16)21/h3-6H,2,7-14H2,1H3. The van der Waals surface area contributed by atoms with Gasteiger partial charge in [-0.2, -0.15) is 0 Å². The Hall–Kier alpha value is -1.53. The summed E-state index contributed by atoms with van der Waals surface area (Å²) < 4.78 is 0. The van der Waals surface area contributed by atoms with Crippen LogP contribution in [0.5, 0.6) is 0 Å². The van der Waals surface area contributed by atoms with Gasteiger partial charge in [-0.1, -0.05) is 19.1 Å².